The molecule has 1 aliphatic heterocycles. The molecule has 0 unspecified atom stereocenters. The molecule has 0 aromatic heterocycles. The Hall–Kier alpha value is -1.23. The van der Waals surface area contributed by atoms with Crippen LogP contribution in [0.25, 0.3) is 0 Å². The average Bonchev–Trinajstić information content (AvgIpc) is 2.38. The monoisotopic (exact) mass is 144 g/mol. The third kappa shape index (κ3) is 1.38. The van der Waals surface area contributed by atoms with Gasteiger partial charge in [-0.05, 0) is 6.92 Å². The fourth-order valence-corrected chi connectivity index (χ4v) is 0.500. The van der Waals surface area contributed by atoms with Crippen LogP contribution in [0.15, 0.2) is 12.5 Å². The van der Waals surface area contributed by atoms with Gasteiger partial charge in [0.15, 0.2) is 0 Å². The second-order valence-corrected chi connectivity index (χ2v) is 1.56. The van der Waals surface area contributed by atoms with Gasteiger partial charge in [0.2, 0.25) is 0 Å². The fourth-order valence-electron chi connectivity index (χ4n) is 0.500. The topological polar surface area (TPSA) is 50.8 Å². The van der Waals surface area contributed by atoms with E-state index in [1.807, 2.05) is 0 Å². The standard InChI is InChI=1S/C5H8N2O3/c1-2-9-5(8)7-3-4-10-6-7/h3-4,6H,2H2,1H3. The van der Waals surface area contributed by atoms with Crippen molar-refractivity contribution in [3.8, 4) is 0 Å². The lowest BCUT2D eigenvalue weighted by Gasteiger charge is -2.10. The molecule has 0 fully saturated rings. The number of ether oxygens (including phenoxy) is 1. The third-order valence-corrected chi connectivity index (χ3v) is 0.894. The van der Waals surface area contributed by atoms with E-state index in [-0.39, 0.29) is 0 Å². The van der Waals surface area contributed by atoms with Crippen molar-refractivity contribution < 1.29 is 14.4 Å². The van der Waals surface area contributed by atoms with Crippen LogP contribution in [0.2, 0.25) is 0 Å². The van der Waals surface area contributed by atoms with Gasteiger partial charge >= 0.3 is 6.09 Å². The van der Waals surface area contributed by atoms with Crippen LogP contribution < -0.4 is 5.59 Å². The third-order valence-electron chi connectivity index (χ3n) is 0.894. The summed E-state index contributed by atoms with van der Waals surface area (Å²) in [4.78, 5) is 15.3. The van der Waals surface area contributed by atoms with E-state index in [1.165, 1.54) is 12.5 Å². The van der Waals surface area contributed by atoms with E-state index < -0.39 is 6.09 Å². The predicted molar refractivity (Wildman–Crippen MR) is 32.2 cm³/mol. The zero-order chi connectivity index (χ0) is 7.40. The minimum absolute atomic E-state index is 0.352. The van der Waals surface area contributed by atoms with Crippen LogP contribution in [-0.2, 0) is 9.57 Å². The van der Waals surface area contributed by atoms with Crippen LogP contribution in [0.1, 0.15) is 6.92 Å². The van der Waals surface area contributed by atoms with Gasteiger partial charge in [-0.25, -0.2) is 4.79 Å². The van der Waals surface area contributed by atoms with E-state index in [4.69, 9.17) is 0 Å². The lowest BCUT2D eigenvalue weighted by atomic mass is 10.8. The minimum Gasteiger partial charge on any atom is -0.448 e. The molecule has 1 aliphatic rings. The predicted octanol–water partition coefficient (Wildman–Crippen LogP) is 0.366. The fraction of sp³-hybridized carbons (Fsp3) is 0.400. The summed E-state index contributed by atoms with van der Waals surface area (Å²) in [6, 6.07) is 0. The van der Waals surface area contributed by atoms with Crippen molar-refractivity contribution in [2.24, 2.45) is 0 Å². The lowest BCUT2D eigenvalue weighted by Crippen LogP contribution is -2.34. The van der Waals surface area contributed by atoms with Crippen LogP contribution in [0, 0.1) is 0 Å². The second-order valence-electron chi connectivity index (χ2n) is 1.56. The first-order valence-corrected chi connectivity index (χ1v) is 2.88. The minimum atomic E-state index is -0.476. The summed E-state index contributed by atoms with van der Waals surface area (Å²) in [5.74, 6) is 0. The van der Waals surface area contributed by atoms with Gasteiger partial charge in [0.25, 0.3) is 0 Å². The number of nitrogens with one attached hydrogen (secondary N) is 1. The van der Waals surface area contributed by atoms with E-state index in [2.05, 4.69) is 15.2 Å². The normalized spacial score (nSPS) is 15.1. The van der Waals surface area contributed by atoms with Crippen molar-refractivity contribution in [3.05, 3.63) is 12.5 Å². The molecule has 1 rings (SSSR count). The first kappa shape index (κ1) is 6.88. The molecule has 0 aliphatic carbocycles. The zero-order valence-electron chi connectivity index (χ0n) is 5.53. The van der Waals surface area contributed by atoms with Gasteiger partial charge in [-0.2, -0.15) is 5.01 Å². The van der Waals surface area contributed by atoms with Gasteiger partial charge in [0.05, 0.1) is 12.8 Å². The molecule has 0 atom stereocenters. The Morgan fingerprint density at radius 1 is 1.90 bits per heavy atom. The Morgan fingerprint density at radius 2 is 2.70 bits per heavy atom. The second kappa shape index (κ2) is 3.07. The van der Waals surface area contributed by atoms with Crippen molar-refractivity contribution >= 4 is 6.09 Å². The van der Waals surface area contributed by atoms with Crippen LogP contribution >= 0.6 is 0 Å². The smallest absolute Gasteiger partial charge is 0.431 e. The van der Waals surface area contributed by atoms with Crippen molar-refractivity contribution in [2.45, 2.75) is 6.92 Å². The largest absolute Gasteiger partial charge is 0.448 e. The highest BCUT2D eigenvalue weighted by molar-refractivity contribution is 5.68. The highest BCUT2D eigenvalue weighted by Crippen LogP contribution is 1.96. The number of hydrogen-bond donors (Lipinski definition) is 1. The summed E-state index contributed by atoms with van der Waals surface area (Å²) in [5.41, 5.74) is 2.29. The molecule has 1 amide bonds. The molecule has 0 saturated heterocycles. The van der Waals surface area contributed by atoms with E-state index in [9.17, 15) is 4.79 Å². The summed E-state index contributed by atoms with van der Waals surface area (Å²) in [6.07, 6.45) is 2.30. The SMILES string of the molecule is CCOC(=O)N1C=CON1. The van der Waals surface area contributed by atoms with Crippen molar-refractivity contribution in [1.82, 2.24) is 10.6 Å². The number of hydrazine groups is 1. The highest BCUT2D eigenvalue weighted by Gasteiger charge is 2.14. The molecular formula is C5H8N2O3. The first-order chi connectivity index (χ1) is 4.84. The molecule has 10 heavy (non-hydrogen) atoms. The van der Waals surface area contributed by atoms with Crippen molar-refractivity contribution in [1.29, 1.82) is 0 Å². The molecule has 1 heterocycles. The van der Waals surface area contributed by atoms with Gasteiger partial charge in [-0.15, -0.1) is 0 Å². The number of carbonyl (C=O) groups is 1. The summed E-state index contributed by atoms with van der Waals surface area (Å²) in [6.45, 7) is 2.09. The quantitative estimate of drug-likeness (QED) is 0.577. The maximum Gasteiger partial charge on any atom is 0.431 e. The summed E-state index contributed by atoms with van der Waals surface area (Å²) < 4.78 is 4.62. The molecule has 0 bridgehead atoms. The van der Waals surface area contributed by atoms with Gasteiger partial charge in [0.1, 0.15) is 6.26 Å². The average molecular weight is 144 g/mol. The molecule has 0 radical (unpaired) electrons. The van der Waals surface area contributed by atoms with Gasteiger partial charge in [-0.3, -0.25) is 0 Å². The Bertz CT molecular complexity index is 157. The molecular weight excluding hydrogens is 136 g/mol. The van der Waals surface area contributed by atoms with Crippen LogP contribution in [0.5, 0.6) is 0 Å². The maximum atomic E-state index is 10.8. The van der Waals surface area contributed by atoms with E-state index in [0.717, 1.165) is 5.01 Å². The molecule has 56 valence electrons. The number of hydrogen-bond acceptors (Lipinski definition) is 4. The summed E-state index contributed by atoms with van der Waals surface area (Å²) >= 11 is 0. The highest BCUT2D eigenvalue weighted by atomic mass is 16.7. The maximum absolute atomic E-state index is 10.8. The van der Waals surface area contributed by atoms with Crippen LogP contribution in [0.4, 0.5) is 4.79 Å². The van der Waals surface area contributed by atoms with Crippen LogP contribution in [-0.4, -0.2) is 17.7 Å². The Kier molecular flexibility index (Phi) is 2.11. The number of amides is 1. The molecule has 0 saturated carbocycles. The Balaban J connectivity index is 2.33. The first-order valence-electron chi connectivity index (χ1n) is 2.88. The molecule has 5 nitrogen and oxygen atoms in total. The van der Waals surface area contributed by atoms with Gasteiger partial charge in [-0.1, -0.05) is 5.59 Å². The van der Waals surface area contributed by atoms with Crippen molar-refractivity contribution in [2.75, 3.05) is 6.61 Å². The molecule has 0 aromatic rings. The van der Waals surface area contributed by atoms with Gasteiger partial charge in [0, 0.05) is 0 Å². The summed E-state index contributed by atoms with van der Waals surface area (Å²) in [7, 11) is 0. The Labute approximate surface area is 58.1 Å². The van der Waals surface area contributed by atoms with E-state index >= 15 is 0 Å². The number of nitrogens with zero attached hydrogens (tertiary/aromatic N) is 1. The van der Waals surface area contributed by atoms with E-state index in [0.29, 0.717) is 6.61 Å². The molecule has 0 aromatic carbocycles. The molecule has 5 heteroatoms. The number of rotatable bonds is 1. The van der Waals surface area contributed by atoms with Crippen molar-refractivity contribution in [3.63, 3.8) is 0 Å². The Morgan fingerprint density at radius 3 is 3.20 bits per heavy atom. The summed E-state index contributed by atoms with van der Waals surface area (Å²) in [5, 5.41) is 1.10. The van der Waals surface area contributed by atoms with Gasteiger partial charge < -0.3 is 9.57 Å². The molecule has 1 N–H and O–H groups in total. The van der Waals surface area contributed by atoms with E-state index in [1.54, 1.807) is 6.92 Å². The van der Waals surface area contributed by atoms with Crippen LogP contribution in [0.3, 0.4) is 0 Å². The molecule has 0 spiro atoms. The zero-order valence-corrected chi connectivity index (χ0v) is 5.53. The lowest BCUT2D eigenvalue weighted by molar-refractivity contribution is 0.0260. The number of carbonyl (C=O) groups excluding carboxylic acids is 1.